The molecule has 2 unspecified atom stereocenters. The monoisotopic (exact) mass is 352 g/mol. The first-order valence-corrected chi connectivity index (χ1v) is 10.2. The molecule has 6 nitrogen and oxygen atoms in total. The number of fused-ring (bicyclic) bond motifs is 1. The number of rotatable bonds is 4. The van der Waals surface area contributed by atoms with Crippen LogP contribution in [0.5, 0.6) is 5.75 Å². The number of piperidine rings is 1. The van der Waals surface area contributed by atoms with E-state index >= 15 is 0 Å². The normalized spacial score (nSPS) is 24.7. The molecule has 7 heteroatoms. The average Bonchev–Trinajstić information content (AvgIpc) is 2.58. The molecular formula is C17H24N2O4S. The fourth-order valence-corrected chi connectivity index (χ4v) is 4.57. The van der Waals surface area contributed by atoms with Crippen LogP contribution in [0.2, 0.25) is 0 Å². The van der Waals surface area contributed by atoms with E-state index in [2.05, 4.69) is 5.32 Å². The van der Waals surface area contributed by atoms with Crippen molar-refractivity contribution in [1.82, 2.24) is 9.62 Å². The van der Waals surface area contributed by atoms with Crippen LogP contribution in [0.3, 0.4) is 0 Å². The van der Waals surface area contributed by atoms with Crippen LogP contribution in [0.25, 0.3) is 0 Å². The molecule has 1 amide bonds. The van der Waals surface area contributed by atoms with E-state index in [1.807, 2.05) is 24.3 Å². The molecule has 3 rings (SSSR count). The smallest absolute Gasteiger partial charge is 0.238 e. The maximum absolute atomic E-state index is 12.5. The number of nitrogens with one attached hydrogen (secondary N) is 1. The van der Waals surface area contributed by atoms with Crippen LogP contribution in [0.1, 0.15) is 24.8 Å². The lowest BCUT2D eigenvalue weighted by atomic mass is 9.96. The number of carbonyl (C=O) groups is 1. The lowest BCUT2D eigenvalue weighted by Gasteiger charge is -2.33. The summed E-state index contributed by atoms with van der Waals surface area (Å²) in [5.41, 5.74) is 1.15. The maximum atomic E-state index is 12.5. The molecule has 1 aromatic carbocycles. The van der Waals surface area contributed by atoms with E-state index in [0.717, 1.165) is 30.6 Å². The Balaban J connectivity index is 1.57. The van der Waals surface area contributed by atoms with Crippen molar-refractivity contribution in [3.05, 3.63) is 29.8 Å². The molecule has 24 heavy (non-hydrogen) atoms. The Labute approximate surface area is 143 Å². The molecule has 1 aromatic rings. The van der Waals surface area contributed by atoms with E-state index in [1.165, 1.54) is 10.6 Å². The van der Waals surface area contributed by atoms with Gasteiger partial charge in [-0.15, -0.1) is 0 Å². The lowest BCUT2D eigenvalue weighted by Crippen LogP contribution is -2.52. The molecule has 1 fully saturated rings. The summed E-state index contributed by atoms with van der Waals surface area (Å²) in [6.45, 7) is 1.50. The largest absolute Gasteiger partial charge is 0.493 e. The predicted molar refractivity (Wildman–Crippen MR) is 91.3 cm³/mol. The summed E-state index contributed by atoms with van der Waals surface area (Å²) in [5, 5.41) is 2.93. The SMILES string of the molecule is CS(=O)(=O)N1CCCCC1C(=O)NCC1COc2ccccc2C1. The van der Waals surface area contributed by atoms with Crippen molar-refractivity contribution >= 4 is 15.9 Å². The first-order valence-electron chi connectivity index (χ1n) is 8.40. The summed E-state index contributed by atoms with van der Waals surface area (Å²) in [4.78, 5) is 12.5. The quantitative estimate of drug-likeness (QED) is 0.883. The van der Waals surface area contributed by atoms with Crippen LogP contribution < -0.4 is 10.1 Å². The summed E-state index contributed by atoms with van der Waals surface area (Å²) >= 11 is 0. The average molecular weight is 352 g/mol. The van der Waals surface area contributed by atoms with Crippen molar-refractivity contribution in [2.24, 2.45) is 5.92 Å². The molecule has 0 spiro atoms. The van der Waals surface area contributed by atoms with Crippen molar-refractivity contribution in [1.29, 1.82) is 0 Å². The molecule has 132 valence electrons. The number of carbonyl (C=O) groups excluding carboxylic acids is 1. The molecule has 2 atom stereocenters. The standard InChI is InChI=1S/C17H24N2O4S/c1-24(21,22)19-9-5-4-7-15(19)17(20)18-11-13-10-14-6-2-3-8-16(14)23-12-13/h2-3,6,8,13,15H,4-5,7,9-12H2,1H3,(H,18,20). The molecule has 1 N–H and O–H groups in total. The Morgan fingerprint density at radius 3 is 2.92 bits per heavy atom. The number of amides is 1. The maximum Gasteiger partial charge on any atom is 0.238 e. The second-order valence-electron chi connectivity index (χ2n) is 6.62. The zero-order chi connectivity index (χ0) is 17.2. The number of nitrogens with zero attached hydrogens (tertiary/aromatic N) is 1. The van der Waals surface area contributed by atoms with Gasteiger partial charge in [0.15, 0.2) is 0 Å². The number of hydrogen-bond donors (Lipinski definition) is 1. The summed E-state index contributed by atoms with van der Waals surface area (Å²) in [6.07, 6.45) is 4.30. The number of benzene rings is 1. The highest BCUT2D eigenvalue weighted by Crippen LogP contribution is 2.26. The number of para-hydroxylation sites is 1. The third kappa shape index (κ3) is 3.89. The zero-order valence-corrected chi connectivity index (χ0v) is 14.7. The van der Waals surface area contributed by atoms with Crippen LogP contribution in [0.4, 0.5) is 0 Å². The fourth-order valence-electron chi connectivity index (χ4n) is 3.45. The Bertz CT molecular complexity index is 704. The predicted octanol–water partition coefficient (Wildman–Crippen LogP) is 1.17. The Kier molecular flexibility index (Phi) is 5.10. The van der Waals surface area contributed by atoms with E-state index in [1.54, 1.807) is 0 Å². The highest BCUT2D eigenvalue weighted by molar-refractivity contribution is 7.88. The molecule has 0 bridgehead atoms. The summed E-state index contributed by atoms with van der Waals surface area (Å²) < 4.78 is 30.8. The van der Waals surface area contributed by atoms with E-state index in [-0.39, 0.29) is 11.8 Å². The van der Waals surface area contributed by atoms with Gasteiger partial charge in [-0.3, -0.25) is 4.79 Å². The number of hydrogen-bond acceptors (Lipinski definition) is 4. The van der Waals surface area contributed by atoms with Gasteiger partial charge in [-0.25, -0.2) is 8.42 Å². The minimum absolute atomic E-state index is 0.195. The van der Waals surface area contributed by atoms with Crippen molar-refractivity contribution < 1.29 is 17.9 Å². The molecule has 2 heterocycles. The second-order valence-corrected chi connectivity index (χ2v) is 8.55. The van der Waals surface area contributed by atoms with E-state index < -0.39 is 16.1 Å². The van der Waals surface area contributed by atoms with Crippen LogP contribution >= 0.6 is 0 Å². The van der Waals surface area contributed by atoms with Gasteiger partial charge < -0.3 is 10.1 Å². The van der Waals surface area contributed by atoms with Gasteiger partial charge >= 0.3 is 0 Å². The molecule has 1 saturated heterocycles. The topological polar surface area (TPSA) is 75.7 Å². The Hall–Kier alpha value is -1.60. The van der Waals surface area contributed by atoms with Crippen molar-refractivity contribution in [3.63, 3.8) is 0 Å². The van der Waals surface area contributed by atoms with Gasteiger partial charge in [-0.2, -0.15) is 4.31 Å². The molecule has 0 saturated carbocycles. The molecular weight excluding hydrogens is 328 g/mol. The van der Waals surface area contributed by atoms with Crippen LogP contribution in [-0.4, -0.2) is 50.6 Å². The van der Waals surface area contributed by atoms with Gasteiger partial charge in [0.25, 0.3) is 0 Å². The highest BCUT2D eigenvalue weighted by atomic mass is 32.2. The van der Waals surface area contributed by atoms with E-state index in [0.29, 0.717) is 26.1 Å². The van der Waals surface area contributed by atoms with E-state index in [4.69, 9.17) is 4.74 Å². The number of sulfonamides is 1. The van der Waals surface area contributed by atoms with Gasteiger partial charge in [0, 0.05) is 19.0 Å². The Morgan fingerprint density at radius 1 is 1.33 bits per heavy atom. The molecule has 0 aromatic heterocycles. The fraction of sp³-hybridized carbons (Fsp3) is 0.588. The molecule has 0 aliphatic carbocycles. The third-order valence-electron chi connectivity index (χ3n) is 4.70. The Morgan fingerprint density at radius 2 is 2.12 bits per heavy atom. The van der Waals surface area contributed by atoms with E-state index in [9.17, 15) is 13.2 Å². The zero-order valence-electron chi connectivity index (χ0n) is 13.9. The highest BCUT2D eigenvalue weighted by Gasteiger charge is 2.34. The summed E-state index contributed by atoms with van der Waals surface area (Å²) in [5.74, 6) is 0.925. The molecule has 2 aliphatic heterocycles. The van der Waals surface area contributed by atoms with Gasteiger partial charge in [0.05, 0.1) is 12.9 Å². The second kappa shape index (κ2) is 7.11. The van der Waals surface area contributed by atoms with Gasteiger partial charge in [0.1, 0.15) is 11.8 Å². The van der Waals surface area contributed by atoms with Gasteiger partial charge in [-0.05, 0) is 30.9 Å². The van der Waals surface area contributed by atoms with Crippen LogP contribution in [0.15, 0.2) is 24.3 Å². The van der Waals surface area contributed by atoms with Crippen LogP contribution in [0, 0.1) is 5.92 Å². The summed E-state index contributed by atoms with van der Waals surface area (Å²) in [7, 11) is -3.36. The van der Waals surface area contributed by atoms with Gasteiger partial charge in [-0.1, -0.05) is 24.6 Å². The van der Waals surface area contributed by atoms with Crippen molar-refractivity contribution in [2.75, 3.05) is 26.0 Å². The lowest BCUT2D eigenvalue weighted by molar-refractivity contribution is -0.125. The first-order chi connectivity index (χ1) is 11.4. The molecule has 2 aliphatic rings. The third-order valence-corrected chi connectivity index (χ3v) is 5.99. The van der Waals surface area contributed by atoms with Crippen molar-refractivity contribution in [3.8, 4) is 5.75 Å². The first kappa shape index (κ1) is 17.2. The number of ether oxygens (including phenoxy) is 1. The van der Waals surface area contributed by atoms with Crippen LogP contribution in [-0.2, 0) is 21.2 Å². The summed E-state index contributed by atoms with van der Waals surface area (Å²) in [6, 6.07) is 7.34. The minimum Gasteiger partial charge on any atom is -0.493 e. The van der Waals surface area contributed by atoms with Gasteiger partial charge in [0.2, 0.25) is 15.9 Å². The molecule has 0 radical (unpaired) electrons. The van der Waals surface area contributed by atoms with Crippen molar-refractivity contribution in [2.45, 2.75) is 31.7 Å². The minimum atomic E-state index is -3.36.